The lowest BCUT2D eigenvalue weighted by Gasteiger charge is -2.25. The van der Waals surface area contributed by atoms with Crippen molar-refractivity contribution in [2.45, 2.75) is 39.8 Å². The highest BCUT2D eigenvalue weighted by atomic mass is 19.3. The fourth-order valence-corrected chi connectivity index (χ4v) is 2.04. The van der Waals surface area contributed by atoms with E-state index in [1.165, 1.54) is 0 Å². The van der Waals surface area contributed by atoms with Crippen LogP contribution in [-0.4, -0.2) is 24.9 Å². The molecule has 114 valence electrons. The fraction of sp³-hybridized carbons (Fsp3) is 0.600. The lowest BCUT2D eigenvalue weighted by Crippen LogP contribution is -2.29. The summed E-state index contributed by atoms with van der Waals surface area (Å²) < 4.78 is 29.1. The fourth-order valence-electron chi connectivity index (χ4n) is 2.04. The summed E-state index contributed by atoms with van der Waals surface area (Å²) in [5.41, 5.74) is 0.770. The first-order chi connectivity index (χ1) is 9.44. The van der Waals surface area contributed by atoms with Gasteiger partial charge < -0.3 is 15.2 Å². The van der Waals surface area contributed by atoms with Gasteiger partial charge in [0.2, 0.25) is 0 Å². The third kappa shape index (κ3) is 6.30. The number of para-hydroxylation sites is 1. The van der Waals surface area contributed by atoms with Gasteiger partial charge in [0.05, 0.1) is 0 Å². The molecule has 3 nitrogen and oxygen atoms in total. The number of hydrogen-bond acceptors (Lipinski definition) is 3. The van der Waals surface area contributed by atoms with Crippen molar-refractivity contribution >= 4 is 0 Å². The maximum absolute atomic E-state index is 12.3. The van der Waals surface area contributed by atoms with Gasteiger partial charge in [-0.3, -0.25) is 0 Å². The van der Waals surface area contributed by atoms with E-state index >= 15 is 0 Å². The molecular formula is C15H23F2NO2. The molecule has 0 amide bonds. The van der Waals surface area contributed by atoms with E-state index in [1.54, 1.807) is 24.3 Å². The number of aliphatic hydroxyl groups is 1. The summed E-state index contributed by atoms with van der Waals surface area (Å²) in [5.74, 6) is 0.211. The van der Waals surface area contributed by atoms with Crippen LogP contribution in [0.4, 0.5) is 8.78 Å². The molecule has 0 spiro atoms. The second-order valence-corrected chi connectivity index (χ2v) is 5.58. The zero-order valence-corrected chi connectivity index (χ0v) is 12.0. The summed E-state index contributed by atoms with van der Waals surface area (Å²) in [5, 5.41) is 12.1. The third-order valence-corrected chi connectivity index (χ3v) is 3.12. The van der Waals surface area contributed by atoms with E-state index in [0.29, 0.717) is 12.1 Å². The molecule has 0 saturated carbocycles. The number of nitrogens with one attached hydrogen (secondary N) is 1. The first kappa shape index (κ1) is 16.9. The number of ether oxygens (including phenoxy) is 1. The van der Waals surface area contributed by atoms with E-state index in [9.17, 15) is 8.78 Å². The van der Waals surface area contributed by atoms with Crippen molar-refractivity contribution in [3.63, 3.8) is 0 Å². The van der Waals surface area contributed by atoms with Crippen LogP contribution in [0, 0.1) is 5.41 Å². The number of hydrogen-bond donors (Lipinski definition) is 2. The highest BCUT2D eigenvalue weighted by Gasteiger charge is 2.17. The second kappa shape index (κ2) is 8.17. The molecule has 0 radical (unpaired) electrons. The van der Waals surface area contributed by atoms with Crippen LogP contribution >= 0.6 is 0 Å². The van der Waals surface area contributed by atoms with Crippen molar-refractivity contribution in [3.05, 3.63) is 29.8 Å². The van der Waals surface area contributed by atoms with Crippen molar-refractivity contribution in [1.82, 2.24) is 5.32 Å². The molecule has 1 aromatic carbocycles. The Morgan fingerprint density at radius 1 is 1.30 bits per heavy atom. The molecule has 0 aliphatic rings. The largest absolute Gasteiger partial charge is 0.434 e. The Kier molecular flexibility index (Phi) is 6.88. The highest BCUT2D eigenvalue weighted by molar-refractivity contribution is 5.33. The Bertz CT molecular complexity index is 397. The van der Waals surface area contributed by atoms with Crippen molar-refractivity contribution in [1.29, 1.82) is 0 Å². The van der Waals surface area contributed by atoms with Crippen molar-refractivity contribution in [3.8, 4) is 5.75 Å². The third-order valence-electron chi connectivity index (χ3n) is 3.12. The Balaban J connectivity index is 2.49. The minimum atomic E-state index is -2.81. The average molecular weight is 287 g/mol. The summed E-state index contributed by atoms with van der Waals surface area (Å²) in [6, 6.07) is 6.78. The standard InChI is InChI=1S/C15H23F2NO2/c1-15(2,8-5-9-19)11-18-10-12-6-3-4-7-13(12)20-14(16)17/h3-4,6-7,14,18-19H,5,8-11H2,1-2H3. The molecule has 0 aliphatic carbocycles. The molecule has 5 heteroatoms. The van der Waals surface area contributed by atoms with Gasteiger partial charge >= 0.3 is 6.61 Å². The van der Waals surface area contributed by atoms with E-state index in [-0.39, 0.29) is 17.8 Å². The number of alkyl halides is 2. The Morgan fingerprint density at radius 3 is 2.65 bits per heavy atom. The summed E-state index contributed by atoms with van der Waals surface area (Å²) in [7, 11) is 0. The number of aliphatic hydroxyl groups excluding tert-OH is 1. The predicted molar refractivity (Wildman–Crippen MR) is 74.9 cm³/mol. The molecule has 1 rings (SSSR count). The smallest absolute Gasteiger partial charge is 0.387 e. The average Bonchev–Trinajstić information content (AvgIpc) is 2.38. The summed E-state index contributed by atoms with van der Waals surface area (Å²) >= 11 is 0. The van der Waals surface area contributed by atoms with E-state index in [1.807, 2.05) is 0 Å². The molecule has 2 N–H and O–H groups in total. The van der Waals surface area contributed by atoms with Crippen LogP contribution in [0.5, 0.6) is 5.75 Å². The minimum Gasteiger partial charge on any atom is -0.434 e. The molecule has 0 saturated heterocycles. The first-order valence-electron chi connectivity index (χ1n) is 6.79. The molecule has 0 aliphatic heterocycles. The lowest BCUT2D eigenvalue weighted by atomic mass is 9.88. The predicted octanol–water partition coefficient (Wildman–Crippen LogP) is 3.18. The van der Waals surface area contributed by atoms with Crippen LogP contribution in [0.1, 0.15) is 32.3 Å². The van der Waals surface area contributed by atoms with E-state index in [4.69, 9.17) is 5.11 Å². The quantitative estimate of drug-likeness (QED) is 0.733. The lowest BCUT2D eigenvalue weighted by molar-refractivity contribution is -0.0505. The van der Waals surface area contributed by atoms with E-state index < -0.39 is 6.61 Å². The van der Waals surface area contributed by atoms with Crippen molar-refractivity contribution < 1.29 is 18.6 Å². The van der Waals surface area contributed by atoms with Gasteiger partial charge in [0, 0.05) is 25.3 Å². The SMILES string of the molecule is CC(C)(CCCO)CNCc1ccccc1OC(F)F. The molecule has 1 aromatic rings. The maximum Gasteiger partial charge on any atom is 0.387 e. The number of halogens is 2. The van der Waals surface area contributed by atoms with Gasteiger partial charge in [-0.2, -0.15) is 8.78 Å². The van der Waals surface area contributed by atoms with Crippen LogP contribution in [0.2, 0.25) is 0 Å². The Labute approximate surface area is 119 Å². The van der Waals surface area contributed by atoms with Gasteiger partial charge in [-0.15, -0.1) is 0 Å². The maximum atomic E-state index is 12.3. The summed E-state index contributed by atoms with van der Waals surface area (Å²) in [4.78, 5) is 0. The van der Waals surface area contributed by atoms with Crippen LogP contribution in [0.15, 0.2) is 24.3 Å². The van der Waals surface area contributed by atoms with Crippen LogP contribution in [0.3, 0.4) is 0 Å². The van der Waals surface area contributed by atoms with Gasteiger partial charge in [0.15, 0.2) is 0 Å². The van der Waals surface area contributed by atoms with Gasteiger partial charge in [-0.05, 0) is 24.3 Å². The summed E-state index contributed by atoms with van der Waals surface area (Å²) in [6.45, 7) is 2.82. The monoisotopic (exact) mass is 287 g/mol. The molecule has 0 unspecified atom stereocenters. The molecule has 0 fully saturated rings. The molecule has 0 atom stereocenters. The van der Waals surface area contributed by atoms with E-state index in [0.717, 1.165) is 19.4 Å². The molecular weight excluding hydrogens is 264 g/mol. The zero-order valence-electron chi connectivity index (χ0n) is 12.0. The van der Waals surface area contributed by atoms with E-state index in [2.05, 4.69) is 23.9 Å². The number of rotatable bonds is 9. The normalized spacial score (nSPS) is 11.9. The van der Waals surface area contributed by atoms with Gasteiger partial charge in [0.1, 0.15) is 5.75 Å². The molecule has 0 heterocycles. The van der Waals surface area contributed by atoms with Gasteiger partial charge in [0.25, 0.3) is 0 Å². The number of benzene rings is 1. The molecule has 20 heavy (non-hydrogen) atoms. The molecule has 0 bridgehead atoms. The van der Waals surface area contributed by atoms with Crippen LogP contribution in [-0.2, 0) is 6.54 Å². The summed E-state index contributed by atoms with van der Waals surface area (Å²) in [6.07, 6.45) is 1.67. The zero-order chi connectivity index (χ0) is 15.0. The van der Waals surface area contributed by atoms with Crippen molar-refractivity contribution in [2.24, 2.45) is 5.41 Å². The highest BCUT2D eigenvalue weighted by Crippen LogP contribution is 2.23. The van der Waals surface area contributed by atoms with Crippen molar-refractivity contribution in [2.75, 3.05) is 13.2 Å². The minimum absolute atomic E-state index is 0.0568. The Morgan fingerprint density at radius 2 is 2.00 bits per heavy atom. The Hall–Kier alpha value is -1.20. The second-order valence-electron chi connectivity index (χ2n) is 5.58. The topological polar surface area (TPSA) is 41.5 Å². The first-order valence-corrected chi connectivity index (χ1v) is 6.79. The van der Waals surface area contributed by atoms with Gasteiger partial charge in [-0.1, -0.05) is 32.0 Å². The van der Waals surface area contributed by atoms with Gasteiger partial charge in [-0.25, -0.2) is 0 Å². The van der Waals surface area contributed by atoms with Crippen LogP contribution in [0.25, 0.3) is 0 Å². The molecule has 0 aromatic heterocycles. The van der Waals surface area contributed by atoms with Crippen LogP contribution < -0.4 is 10.1 Å².